The van der Waals surface area contributed by atoms with Crippen LogP contribution in [0.25, 0.3) is 0 Å². The van der Waals surface area contributed by atoms with Crippen LogP contribution >= 0.6 is 22.6 Å². The maximum atomic E-state index is 13.1. The Morgan fingerprint density at radius 3 is 1.56 bits per heavy atom. The highest BCUT2D eigenvalue weighted by atomic mass is 127. The molecule has 0 saturated carbocycles. The van der Waals surface area contributed by atoms with Gasteiger partial charge in [0.05, 0.1) is 0 Å². The SMILES string of the molecule is CCCC(I)CC(F)(C(F)(F)F)C(F)(F)F. The zero-order valence-electron chi connectivity index (χ0n) is 8.22. The summed E-state index contributed by atoms with van der Waals surface area (Å²) in [5.41, 5.74) is -5.11. The molecule has 0 heterocycles. The van der Waals surface area contributed by atoms with Gasteiger partial charge in [-0.25, -0.2) is 4.39 Å². The maximum Gasteiger partial charge on any atom is 0.431 e. The first kappa shape index (κ1) is 16.2. The molecule has 0 radical (unpaired) electrons. The third-order valence-electron chi connectivity index (χ3n) is 2.00. The van der Waals surface area contributed by atoms with Crippen LogP contribution in [0.2, 0.25) is 0 Å². The van der Waals surface area contributed by atoms with E-state index in [2.05, 4.69) is 0 Å². The highest BCUT2D eigenvalue weighted by Crippen LogP contribution is 2.50. The molecule has 8 heteroatoms. The summed E-state index contributed by atoms with van der Waals surface area (Å²) in [5.74, 6) is 0. The molecule has 0 aromatic rings. The zero-order chi connectivity index (χ0) is 13.2. The van der Waals surface area contributed by atoms with Gasteiger partial charge in [-0.05, 0) is 6.42 Å². The molecule has 98 valence electrons. The molecule has 0 saturated heterocycles. The second kappa shape index (κ2) is 5.26. The van der Waals surface area contributed by atoms with E-state index in [1.54, 1.807) is 6.92 Å². The monoisotopic (exact) mass is 366 g/mol. The molecule has 1 atom stereocenters. The lowest BCUT2D eigenvalue weighted by Crippen LogP contribution is -2.54. The van der Waals surface area contributed by atoms with Crippen LogP contribution in [0.15, 0.2) is 0 Å². The Bertz CT molecular complexity index is 205. The number of rotatable bonds is 4. The van der Waals surface area contributed by atoms with E-state index >= 15 is 0 Å². The summed E-state index contributed by atoms with van der Waals surface area (Å²) in [5, 5.41) is 0. The van der Waals surface area contributed by atoms with E-state index in [4.69, 9.17) is 0 Å². The molecular weight excluding hydrogens is 356 g/mol. The van der Waals surface area contributed by atoms with Gasteiger partial charge in [0.15, 0.2) is 0 Å². The highest BCUT2D eigenvalue weighted by Gasteiger charge is 2.72. The summed E-state index contributed by atoms with van der Waals surface area (Å²) < 4.78 is 84.7. The van der Waals surface area contributed by atoms with Gasteiger partial charge in [-0.2, -0.15) is 26.3 Å². The molecule has 0 nitrogen and oxygen atoms in total. The predicted octanol–water partition coefficient (Wildman–Crippen LogP) is 4.81. The first-order valence-corrected chi connectivity index (χ1v) is 5.66. The second-order valence-electron chi connectivity index (χ2n) is 3.39. The van der Waals surface area contributed by atoms with Crippen molar-refractivity contribution < 1.29 is 30.7 Å². The lowest BCUT2D eigenvalue weighted by molar-refractivity contribution is -0.342. The van der Waals surface area contributed by atoms with Gasteiger partial charge < -0.3 is 0 Å². The van der Waals surface area contributed by atoms with Crippen LogP contribution in [0.5, 0.6) is 0 Å². The van der Waals surface area contributed by atoms with Crippen molar-refractivity contribution in [1.82, 2.24) is 0 Å². The molecule has 16 heavy (non-hydrogen) atoms. The Hall–Kier alpha value is 0.240. The topological polar surface area (TPSA) is 0 Å². The highest BCUT2D eigenvalue weighted by molar-refractivity contribution is 14.1. The standard InChI is InChI=1S/C8H10F7I/c1-2-3-5(16)4-6(9,7(10,11)12)8(13,14)15/h5H,2-4H2,1H3. The minimum absolute atomic E-state index is 0.110. The predicted molar refractivity (Wildman–Crippen MR) is 53.3 cm³/mol. The van der Waals surface area contributed by atoms with Crippen LogP contribution in [0.4, 0.5) is 30.7 Å². The van der Waals surface area contributed by atoms with E-state index in [0.29, 0.717) is 6.42 Å². The molecule has 0 aliphatic carbocycles. The van der Waals surface area contributed by atoms with Crippen molar-refractivity contribution in [3.05, 3.63) is 0 Å². The molecule has 0 rings (SSSR count). The normalized spacial score (nSPS) is 16.3. The molecule has 0 N–H and O–H groups in total. The van der Waals surface area contributed by atoms with Gasteiger partial charge in [0.2, 0.25) is 0 Å². The van der Waals surface area contributed by atoms with Crippen LogP contribution in [-0.4, -0.2) is 21.9 Å². The molecule has 0 spiro atoms. The molecule has 0 aromatic carbocycles. The lowest BCUT2D eigenvalue weighted by Gasteiger charge is -2.31. The lowest BCUT2D eigenvalue weighted by atomic mass is 9.96. The van der Waals surface area contributed by atoms with E-state index < -0.39 is 28.4 Å². The Balaban J connectivity index is 4.98. The van der Waals surface area contributed by atoms with Crippen molar-refractivity contribution in [2.75, 3.05) is 0 Å². The first-order chi connectivity index (χ1) is 6.95. The van der Waals surface area contributed by atoms with Crippen molar-refractivity contribution in [3.8, 4) is 0 Å². The average molecular weight is 366 g/mol. The summed E-state index contributed by atoms with van der Waals surface area (Å²) in [7, 11) is 0. The third kappa shape index (κ3) is 3.63. The summed E-state index contributed by atoms with van der Waals surface area (Å²) in [4.78, 5) is 0. The van der Waals surface area contributed by atoms with Crippen molar-refractivity contribution in [1.29, 1.82) is 0 Å². The van der Waals surface area contributed by atoms with E-state index in [0.717, 1.165) is 0 Å². The smallest absolute Gasteiger partial charge is 0.224 e. The minimum Gasteiger partial charge on any atom is -0.224 e. The van der Waals surface area contributed by atoms with Crippen LogP contribution in [-0.2, 0) is 0 Å². The molecule has 0 aromatic heterocycles. The van der Waals surface area contributed by atoms with Crippen molar-refractivity contribution in [2.24, 2.45) is 0 Å². The van der Waals surface area contributed by atoms with Gasteiger partial charge in [-0.3, -0.25) is 0 Å². The first-order valence-electron chi connectivity index (χ1n) is 4.42. The van der Waals surface area contributed by atoms with Crippen molar-refractivity contribution in [2.45, 2.75) is 48.1 Å². The van der Waals surface area contributed by atoms with Crippen LogP contribution in [0.1, 0.15) is 26.2 Å². The van der Waals surface area contributed by atoms with Gasteiger partial charge in [0, 0.05) is 10.3 Å². The maximum absolute atomic E-state index is 13.1. The number of halogens is 8. The Kier molecular flexibility index (Phi) is 5.34. The number of alkyl halides is 8. The fraction of sp³-hybridized carbons (Fsp3) is 1.00. The Morgan fingerprint density at radius 1 is 0.938 bits per heavy atom. The quantitative estimate of drug-likeness (QED) is 0.381. The van der Waals surface area contributed by atoms with Crippen molar-refractivity contribution in [3.63, 3.8) is 0 Å². The van der Waals surface area contributed by atoms with Gasteiger partial charge in [-0.15, -0.1) is 0 Å². The number of hydrogen-bond donors (Lipinski definition) is 0. The van der Waals surface area contributed by atoms with E-state index in [-0.39, 0.29) is 6.42 Å². The summed E-state index contributed by atoms with van der Waals surface area (Å²) in [6.45, 7) is 1.60. The van der Waals surface area contributed by atoms with Crippen LogP contribution < -0.4 is 0 Å². The van der Waals surface area contributed by atoms with E-state index in [9.17, 15) is 30.7 Å². The van der Waals surface area contributed by atoms with Crippen molar-refractivity contribution >= 4 is 22.6 Å². The van der Waals surface area contributed by atoms with Gasteiger partial charge >= 0.3 is 12.4 Å². The largest absolute Gasteiger partial charge is 0.431 e. The van der Waals surface area contributed by atoms with Crippen LogP contribution in [0.3, 0.4) is 0 Å². The molecule has 0 bridgehead atoms. The molecule has 0 aliphatic rings. The average Bonchev–Trinajstić information content (AvgIpc) is 1.99. The Labute approximate surface area is 102 Å². The molecular formula is C8H10F7I. The number of hydrogen-bond acceptors (Lipinski definition) is 0. The van der Waals surface area contributed by atoms with Gasteiger partial charge in [0.25, 0.3) is 5.67 Å². The second-order valence-corrected chi connectivity index (χ2v) is 5.15. The molecule has 1 unspecified atom stereocenters. The Morgan fingerprint density at radius 2 is 1.31 bits per heavy atom. The molecule has 0 fully saturated rings. The minimum atomic E-state index is -5.93. The van der Waals surface area contributed by atoms with Gasteiger partial charge in [0.1, 0.15) is 0 Å². The van der Waals surface area contributed by atoms with Crippen LogP contribution in [0, 0.1) is 0 Å². The van der Waals surface area contributed by atoms with E-state index in [1.807, 2.05) is 0 Å². The fourth-order valence-corrected chi connectivity index (χ4v) is 2.34. The van der Waals surface area contributed by atoms with Gasteiger partial charge in [-0.1, -0.05) is 35.9 Å². The summed E-state index contributed by atoms with van der Waals surface area (Å²) in [6, 6.07) is 0. The summed E-state index contributed by atoms with van der Waals surface area (Å²) in [6.07, 6.45) is -12.9. The third-order valence-corrected chi connectivity index (χ3v) is 3.07. The fourth-order valence-electron chi connectivity index (χ4n) is 1.11. The van der Waals surface area contributed by atoms with E-state index in [1.165, 1.54) is 22.6 Å². The summed E-state index contributed by atoms with van der Waals surface area (Å²) >= 11 is 1.41. The molecule has 0 amide bonds. The zero-order valence-corrected chi connectivity index (χ0v) is 10.4. The molecule has 0 aliphatic heterocycles.